The average molecular weight is 486 g/mol. The molecule has 5 rings (SSSR count). The number of nitrogens with zero attached hydrogens (tertiary/aromatic N) is 1. The SMILES string of the molecule is COc1ccc(C2=CC3C(CC(=O)N3C(C)(C)C)C2(C#Cc2ccccc2)C#Cc2ccccc2)cc1. The minimum Gasteiger partial charge on any atom is -0.497 e. The van der Waals surface area contributed by atoms with E-state index in [-0.39, 0.29) is 23.4 Å². The highest BCUT2D eigenvalue weighted by atomic mass is 16.5. The predicted molar refractivity (Wildman–Crippen MR) is 149 cm³/mol. The summed E-state index contributed by atoms with van der Waals surface area (Å²) in [6, 6.07) is 28.0. The zero-order chi connectivity index (χ0) is 26.0. The molecule has 184 valence electrons. The number of carbonyl (C=O) groups excluding carboxylic acids is 1. The van der Waals surface area contributed by atoms with Gasteiger partial charge in [-0.15, -0.1) is 0 Å². The number of benzene rings is 3. The normalized spacial score (nSPS) is 19.7. The Morgan fingerprint density at radius 2 is 1.38 bits per heavy atom. The molecule has 2 unspecified atom stereocenters. The maximum Gasteiger partial charge on any atom is 0.223 e. The molecule has 0 saturated carbocycles. The van der Waals surface area contributed by atoms with Crippen LogP contribution in [-0.2, 0) is 4.79 Å². The fourth-order valence-electron chi connectivity index (χ4n) is 5.51. The van der Waals surface area contributed by atoms with Gasteiger partial charge in [0.05, 0.1) is 13.2 Å². The number of ether oxygens (including phenoxy) is 1. The van der Waals surface area contributed by atoms with Crippen LogP contribution in [0.1, 0.15) is 43.9 Å². The summed E-state index contributed by atoms with van der Waals surface area (Å²) in [7, 11) is 1.67. The van der Waals surface area contributed by atoms with Crippen LogP contribution in [-0.4, -0.2) is 29.5 Å². The van der Waals surface area contributed by atoms with Crippen molar-refractivity contribution in [1.82, 2.24) is 4.90 Å². The molecule has 37 heavy (non-hydrogen) atoms. The van der Waals surface area contributed by atoms with Gasteiger partial charge in [0.2, 0.25) is 5.91 Å². The van der Waals surface area contributed by atoms with Crippen molar-refractivity contribution in [3.05, 3.63) is 108 Å². The molecule has 0 aromatic heterocycles. The minimum absolute atomic E-state index is 0.0799. The Bertz CT molecular complexity index is 1380. The summed E-state index contributed by atoms with van der Waals surface area (Å²) in [4.78, 5) is 15.4. The van der Waals surface area contributed by atoms with Crippen molar-refractivity contribution in [2.45, 2.75) is 38.8 Å². The highest BCUT2D eigenvalue weighted by molar-refractivity contribution is 5.89. The fourth-order valence-corrected chi connectivity index (χ4v) is 5.51. The number of fused-ring (bicyclic) bond motifs is 1. The fraction of sp³-hybridized carbons (Fsp3) is 0.265. The molecule has 2 atom stereocenters. The van der Waals surface area contributed by atoms with Crippen molar-refractivity contribution in [2.24, 2.45) is 11.3 Å². The summed E-state index contributed by atoms with van der Waals surface area (Å²) >= 11 is 0. The lowest BCUT2D eigenvalue weighted by Crippen LogP contribution is -2.47. The van der Waals surface area contributed by atoms with E-state index in [0.29, 0.717) is 6.42 Å². The molecule has 0 bridgehead atoms. The minimum atomic E-state index is -0.819. The van der Waals surface area contributed by atoms with Crippen molar-refractivity contribution < 1.29 is 9.53 Å². The molecule has 1 amide bonds. The topological polar surface area (TPSA) is 29.5 Å². The van der Waals surface area contributed by atoms with Crippen LogP contribution in [0.3, 0.4) is 0 Å². The zero-order valence-electron chi connectivity index (χ0n) is 21.8. The van der Waals surface area contributed by atoms with Crippen molar-refractivity contribution in [3.63, 3.8) is 0 Å². The average Bonchev–Trinajstić information content (AvgIpc) is 3.40. The molecule has 0 spiro atoms. The third-order valence-electron chi connectivity index (χ3n) is 7.17. The van der Waals surface area contributed by atoms with E-state index in [1.165, 1.54) is 0 Å². The van der Waals surface area contributed by atoms with Crippen LogP contribution in [0.2, 0.25) is 0 Å². The Balaban J connectivity index is 1.74. The van der Waals surface area contributed by atoms with Gasteiger partial charge >= 0.3 is 0 Å². The highest BCUT2D eigenvalue weighted by Gasteiger charge is 2.58. The second-order valence-electron chi connectivity index (χ2n) is 10.6. The first kappa shape index (κ1) is 24.5. The van der Waals surface area contributed by atoms with Crippen molar-refractivity contribution in [2.75, 3.05) is 7.11 Å². The molecule has 3 aromatic rings. The Kier molecular flexibility index (Phi) is 6.41. The molecule has 3 aromatic carbocycles. The maximum absolute atomic E-state index is 13.4. The van der Waals surface area contributed by atoms with Gasteiger partial charge in [0, 0.05) is 29.0 Å². The first-order valence-electron chi connectivity index (χ1n) is 12.7. The van der Waals surface area contributed by atoms with Gasteiger partial charge in [-0.1, -0.05) is 78.3 Å². The molecule has 1 aliphatic carbocycles. The Labute approximate surface area is 220 Å². The number of hydrogen-bond acceptors (Lipinski definition) is 2. The van der Waals surface area contributed by atoms with E-state index in [2.05, 4.69) is 62.7 Å². The highest BCUT2D eigenvalue weighted by Crippen LogP contribution is 2.55. The van der Waals surface area contributed by atoms with Crippen LogP contribution in [0.25, 0.3) is 5.57 Å². The van der Waals surface area contributed by atoms with Crippen LogP contribution in [0.15, 0.2) is 91.0 Å². The van der Waals surface area contributed by atoms with Gasteiger partial charge in [-0.2, -0.15) is 0 Å². The van der Waals surface area contributed by atoms with E-state index >= 15 is 0 Å². The Morgan fingerprint density at radius 1 is 0.838 bits per heavy atom. The van der Waals surface area contributed by atoms with E-state index in [1.807, 2.05) is 77.7 Å². The molecule has 1 saturated heterocycles. The lowest BCUT2D eigenvalue weighted by molar-refractivity contribution is -0.132. The van der Waals surface area contributed by atoms with Crippen molar-refractivity contribution >= 4 is 11.5 Å². The number of methoxy groups -OCH3 is 1. The number of rotatable bonds is 2. The molecule has 0 N–H and O–H groups in total. The van der Waals surface area contributed by atoms with Gasteiger partial charge in [-0.25, -0.2) is 0 Å². The number of allylic oxidation sites excluding steroid dienone is 1. The standard InChI is InChI=1S/C34H31NO2/c1-33(2,3)35-31-23-29(27-15-17-28(37-4)18-16-27)34(30(31)24-32(35)36,21-19-25-11-7-5-8-12-25)22-20-26-13-9-6-10-14-26/h5-18,23,30-31H,24H2,1-4H3. The second kappa shape index (κ2) is 9.68. The molecule has 3 heteroatoms. The molecular weight excluding hydrogens is 454 g/mol. The third kappa shape index (κ3) is 4.66. The Hall–Kier alpha value is -4.21. The monoisotopic (exact) mass is 485 g/mol. The maximum atomic E-state index is 13.4. The number of likely N-dealkylation sites (tertiary alicyclic amines) is 1. The number of amides is 1. The molecule has 1 aliphatic heterocycles. The van der Waals surface area contributed by atoms with E-state index in [0.717, 1.165) is 28.0 Å². The first-order valence-corrected chi connectivity index (χ1v) is 12.7. The molecular formula is C34H31NO2. The summed E-state index contributed by atoms with van der Waals surface area (Å²) in [6.45, 7) is 6.29. The predicted octanol–water partition coefficient (Wildman–Crippen LogP) is 6.20. The second-order valence-corrected chi connectivity index (χ2v) is 10.6. The van der Waals surface area contributed by atoms with Gasteiger partial charge in [-0.3, -0.25) is 4.79 Å². The summed E-state index contributed by atoms with van der Waals surface area (Å²) in [5.41, 5.74) is 2.82. The van der Waals surface area contributed by atoms with E-state index in [9.17, 15) is 4.79 Å². The summed E-state index contributed by atoms with van der Waals surface area (Å²) < 4.78 is 5.42. The van der Waals surface area contributed by atoms with Gasteiger partial charge < -0.3 is 9.64 Å². The lowest BCUT2D eigenvalue weighted by atomic mass is 9.71. The van der Waals surface area contributed by atoms with Crippen LogP contribution in [0.4, 0.5) is 0 Å². The molecule has 0 radical (unpaired) electrons. The molecule has 1 heterocycles. The summed E-state index contributed by atoms with van der Waals surface area (Å²) in [6.07, 6.45) is 2.65. The quantitative estimate of drug-likeness (QED) is 0.405. The summed E-state index contributed by atoms with van der Waals surface area (Å²) in [5, 5.41) is 0. The zero-order valence-corrected chi connectivity index (χ0v) is 21.8. The number of carbonyl (C=O) groups is 1. The van der Waals surface area contributed by atoms with Crippen LogP contribution >= 0.6 is 0 Å². The molecule has 1 fully saturated rings. The smallest absolute Gasteiger partial charge is 0.223 e. The molecule has 3 nitrogen and oxygen atoms in total. The molecule has 2 aliphatic rings. The first-order chi connectivity index (χ1) is 17.8. The van der Waals surface area contributed by atoms with E-state index < -0.39 is 5.41 Å². The van der Waals surface area contributed by atoms with E-state index in [1.54, 1.807) is 7.11 Å². The van der Waals surface area contributed by atoms with Crippen LogP contribution < -0.4 is 4.74 Å². The largest absolute Gasteiger partial charge is 0.497 e. The Morgan fingerprint density at radius 3 is 1.86 bits per heavy atom. The van der Waals surface area contributed by atoms with Gasteiger partial charge in [0.1, 0.15) is 11.2 Å². The summed E-state index contributed by atoms with van der Waals surface area (Å²) in [5.74, 6) is 14.9. The third-order valence-corrected chi connectivity index (χ3v) is 7.17. The van der Waals surface area contributed by atoms with Gasteiger partial charge in [0.15, 0.2) is 0 Å². The van der Waals surface area contributed by atoms with Crippen LogP contribution in [0, 0.1) is 35.0 Å². The van der Waals surface area contributed by atoms with E-state index in [4.69, 9.17) is 4.74 Å². The van der Waals surface area contributed by atoms with Gasteiger partial charge in [-0.05, 0) is 68.3 Å². The van der Waals surface area contributed by atoms with Crippen molar-refractivity contribution in [3.8, 4) is 29.4 Å². The van der Waals surface area contributed by atoms with Gasteiger partial charge in [0.25, 0.3) is 0 Å². The number of hydrogen-bond donors (Lipinski definition) is 0. The lowest BCUT2D eigenvalue weighted by Gasteiger charge is -2.36. The van der Waals surface area contributed by atoms with Crippen molar-refractivity contribution in [1.29, 1.82) is 0 Å². The van der Waals surface area contributed by atoms with Crippen LogP contribution in [0.5, 0.6) is 5.75 Å².